The first-order chi connectivity index (χ1) is 13.1. The van der Waals surface area contributed by atoms with E-state index in [0.717, 1.165) is 0 Å². The molecule has 11 heteroatoms. The highest BCUT2D eigenvalue weighted by Crippen LogP contribution is 2.36. The van der Waals surface area contributed by atoms with Crippen molar-refractivity contribution in [3.05, 3.63) is 51.6 Å². The van der Waals surface area contributed by atoms with Gasteiger partial charge in [-0.2, -0.15) is 13.2 Å². The van der Waals surface area contributed by atoms with Crippen molar-refractivity contribution in [1.29, 1.82) is 0 Å². The monoisotopic (exact) mass is 434 g/mol. The second-order valence-electron chi connectivity index (χ2n) is 6.04. The van der Waals surface area contributed by atoms with E-state index in [9.17, 15) is 13.2 Å². The van der Waals surface area contributed by atoms with Crippen molar-refractivity contribution in [3.8, 4) is 6.01 Å². The molecule has 3 rings (SSSR count). The largest absolute Gasteiger partial charge is 0.469 e. The summed E-state index contributed by atoms with van der Waals surface area (Å²) in [5, 5.41) is 3.46. The van der Waals surface area contributed by atoms with Gasteiger partial charge in [0.2, 0.25) is 5.90 Å². The molecule has 1 aromatic rings. The summed E-state index contributed by atoms with van der Waals surface area (Å²) in [6.45, 7) is 3.50. The fourth-order valence-corrected chi connectivity index (χ4v) is 2.82. The van der Waals surface area contributed by atoms with Crippen LogP contribution in [0.5, 0.6) is 6.01 Å². The zero-order chi connectivity index (χ0) is 20.5. The molecule has 0 amide bonds. The van der Waals surface area contributed by atoms with Gasteiger partial charge >= 0.3 is 12.2 Å². The number of halogens is 5. The van der Waals surface area contributed by atoms with E-state index in [2.05, 4.69) is 20.3 Å². The van der Waals surface area contributed by atoms with Crippen LogP contribution in [0.3, 0.4) is 0 Å². The number of hydrogen-bond acceptors (Lipinski definition) is 6. The molecule has 0 spiro atoms. The van der Waals surface area contributed by atoms with Crippen LogP contribution in [-0.4, -0.2) is 34.3 Å². The van der Waals surface area contributed by atoms with Gasteiger partial charge in [0, 0.05) is 12.1 Å². The number of allylic oxidation sites excluding steroid dienone is 2. The molecule has 0 saturated heterocycles. The smallest absolute Gasteiger partial charge is 0.416 e. The predicted octanol–water partition coefficient (Wildman–Crippen LogP) is 4.49. The highest BCUT2D eigenvalue weighted by molar-refractivity contribution is 6.42. The van der Waals surface area contributed by atoms with Crippen LogP contribution in [-0.2, 0) is 4.74 Å². The first-order valence-electron chi connectivity index (χ1n) is 8.15. The first-order valence-corrected chi connectivity index (χ1v) is 8.90. The summed E-state index contributed by atoms with van der Waals surface area (Å²) < 4.78 is 51.5. The first kappa shape index (κ1) is 20.5. The Labute approximate surface area is 168 Å². The molecule has 2 atom stereocenters. The Kier molecular flexibility index (Phi) is 5.85. The Morgan fingerprint density at radius 3 is 2.54 bits per heavy atom. The number of aromatic nitrogens is 2. The van der Waals surface area contributed by atoms with E-state index in [1.807, 2.05) is 0 Å². The molecular weight excluding hydrogens is 420 g/mol. The third-order valence-corrected chi connectivity index (χ3v) is 4.46. The van der Waals surface area contributed by atoms with Gasteiger partial charge in [0.25, 0.3) is 0 Å². The van der Waals surface area contributed by atoms with Crippen LogP contribution in [0.15, 0.2) is 51.6 Å². The number of nitrogens with one attached hydrogen (secondary N) is 1. The Bertz CT molecular complexity index is 879. The standard InChI is InChI=1S/C17H15Cl2F3N4O2/c1-8-14(19)15(26-9(2)25-8)27-11-3-4-13(12(5-11)17(20,21)22)28-16-23-6-10(18)7-24-16/h3-4,6-7,9,11,25H,5H2,1-2H3. The summed E-state index contributed by atoms with van der Waals surface area (Å²) in [6.07, 6.45) is -1.27. The maximum absolute atomic E-state index is 13.5. The van der Waals surface area contributed by atoms with Crippen LogP contribution < -0.4 is 10.1 Å². The van der Waals surface area contributed by atoms with Crippen molar-refractivity contribution in [2.24, 2.45) is 4.99 Å². The van der Waals surface area contributed by atoms with Gasteiger partial charge in [0.05, 0.1) is 23.0 Å². The fourth-order valence-electron chi connectivity index (χ4n) is 2.58. The van der Waals surface area contributed by atoms with E-state index in [4.69, 9.17) is 32.7 Å². The van der Waals surface area contributed by atoms with Crippen LogP contribution in [0.1, 0.15) is 20.3 Å². The van der Waals surface area contributed by atoms with Crippen molar-refractivity contribution >= 4 is 29.1 Å². The quantitative estimate of drug-likeness (QED) is 0.758. The minimum Gasteiger partial charge on any atom is -0.469 e. The molecule has 0 bridgehead atoms. The summed E-state index contributed by atoms with van der Waals surface area (Å²) in [5.41, 5.74) is -0.271. The van der Waals surface area contributed by atoms with Crippen molar-refractivity contribution in [2.75, 3.05) is 0 Å². The number of hydrogen-bond donors (Lipinski definition) is 1. The maximum atomic E-state index is 13.5. The molecule has 2 heterocycles. The van der Waals surface area contributed by atoms with Gasteiger partial charge < -0.3 is 14.8 Å². The van der Waals surface area contributed by atoms with Gasteiger partial charge in [-0.3, -0.25) is 0 Å². The lowest BCUT2D eigenvalue weighted by Gasteiger charge is -2.27. The van der Waals surface area contributed by atoms with Gasteiger partial charge in [-0.05, 0) is 26.0 Å². The van der Waals surface area contributed by atoms with Crippen molar-refractivity contribution in [3.63, 3.8) is 0 Å². The highest BCUT2D eigenvalue weighted by Gasteiger charge is 2.40. The molecule has 1 aliphatic heterocycles. The molecule has 1 aliphatic carbocycles. The molecule has 0 radical (unpaired) electrons. The Balaban J connectivity index is 1.81. The SMILES string of the molecule is CC1=C(Cl)C(OC2C=CC(Oc3ncc(Cl)cn3)=C(C(F)(F)F)C2)=NC(C)N1. The summed E-state index contributed by atoms with van der Waals surface area (Å²) >= 11 is 11.8. The normalized spacial score (nSPS) is 22.8. The van der Waals surface area contributed by atoms with Crippen LogP contribution in [0.4, 0.5) is 13.2 Å². The average Bonchev–Trinajstić information content (AvgIpc) is 2.61. The molecule has 28 heavy (non-hydrogen) atoms. The number of nitrogens with zero attached hydrogens (tertiary/aromatic N) is 3. The molecule has 2 aliphatic rings. The van der Waals surface area contributed by atoms with Crippen LogP contribution >= 0.6 is 23.2 Å². The lowest BCUT2D eigenvalue weighted by atomic mass is 10.0. The lowest BCUT2D eigenvalue weighted by Crippen LogP contribution is -2.33. The molecule has 0 fully saturated rings. The van der Waals surface area contributed by atoms with E-state index in [1.165, 1.54) is 24.5 Å². The summed E-state index contributed by atoms with van der Waals surface area (Å²) in [5.74, 6) is -0.319. The molecule has 0 saturated carbocycles. The van der Waals surface area contributed by atoms with Crippen molar-refractivity contribution < 1.29 is 22.6 Å². The minimum atomic E-state index is -4.63. The van der Waals surface area contributed by atoms with E-state index in [1.54, 1.807) is 13.8 Å². The zero-order valence-corrected chi connectivity index (χ0v) is 16.2. The second-order valence-corrected chi connectivity index (χ2v) is 6.85. The lowest BCUT2D eigenvalue weighted by molar-refractivity contribution is -0.0987. The van der Waals surface area contributed by atoms with E-state index in [0.29, 0.717) is 5.70 Å². The highest BCUT2D eigenvalue weighted by atomic mass is 35.5. The van der Waals surface area contributed by atoms with Crippen LogP contribution in [0, 0.1) is 0 Å². The average molecular weight is 435 g/mol. The third-order valence-electron chi connectivity index (χ3n) is 3.82. The van der Waals surface area contributed by atoms with Crippen LogP contribution in [0.25, 0.3) is 0 Å². The van der Waals surface area contributed by atoms with Gasteiger partial charge in [0.1, 0.15) is 23.1 Å². The minimum absolute atomic E-state index is 0.0898. The molecule has 2 unspecified atom stereocenters. The molecule has 1 aromatic heterocycles. The summed E-state index contributed by atoms with van der Waals surface area (Å²) in [6, 6.07) is -0.247. The van der Waals surface area contributed by atoms with E-state index >= 15 is 0 Å². The second kappa shape index (κ2) is 8.00. The summed E-state index contributed by atoms with van der Waals surface area (Å²) in [7, 11) is 0. The molecule has 6 nitrogen and oxygen atoms in total. The molecule has 0 aromatic carbocycles. The van der Waals surface area contributed by atoms with Gasteiger partial charge in [-0.1, -0.05) is 23.2 Å². The molecule has 1 N–H and O–H groups in total. The fraction of sp³-hybridized carbons (Fsp3) is 0.353. The molecule has 150 valence electrons. The maximum Gasteiger partial charge on any atom is 0.416 e. The number of alkyl halides is 3. The Hall–Kier alpha value is -2.26. The number of ether oxygens (including phenoxy) is 2. The Morgan fingerprint density at radius 1 is 1.21 bits per heavy atom. The van der Waals surface area contributed by atoms with E-state index in [-0.39, 0.29) is 28.1 Å². The topological polar surface area (TPSA) is 68.6 Å². The third kappa shape index (κ3) is 4.77. The van der Waals surface area contributed by atoms with Gasteiger partial charge in [-0.25, -0.2) is 15.0 Å². The zero-order valence-electron chi connectivity index (χ0n) is 14.7. The van der Waals surface area contributed by atoms with E-state index < -0.39 is 30.0 Å². The van der Waals surface area contributed by atoms with Crippen molar-refractivity contribution in [2.45, 2.75) is 38.7 Å². The van der Waals surface area contributed by atoms with Crippen LogP contribution in [0.2, 0.25) is 5.02 Å². The van der Waals surface area contributed by atoms with Crippen molar-refractivity contribution in [1.82, 2.24) is 15.3 Å². The Morgan fingerprint density at radius 2 is 1.89 bits per heavy atom. The van der Waals surface area contributed by atoms with Gasteiger partial charge in [0.15, 0.2) is 0 Å². The number of rotatable bonds is 3. The van der Waals surface area contributed by atoms with Gasteiger partial charge in [-0.15, -0.1) is 0 Å². The number of aliphatic imine (C=N–C) groups is 1. The predicted molar refractivity (Wildman–Crippen MR) is 98.0 cm³/mol. The molecular formula is C17H15Cl2F3N4O2. The summed E-state index contributed by atoms with van der Waals surface area (Å²) in [4.78, 5) is 11.7.